The standard InChI is InChI=1S/C23H21F3N2O5S2/c1-13(29)27-17-8-6-14(11-16(17)23(24,25)26)18-9-7-15(33-18)12-19-21(32)28(22(34)35-19)10-4-2-3-5-20(30)31/h6-9,11-12H,2-5,10H2,1H3,(H,27,29)(H,30,31)/b19-12-. The minimum Gasteiger partial charge on any atom is -0.481 e. The Hall–Kier alpha value is -3.12. The maximum atomic E-state index is 13.5. The number of amides is 2. The molecule has 0 atom stereocenters. The van der Waals surface area contributed by atoms with E-state index in [-0.39, 0.29) is 35.1 Å². The maximum absolute atomic E-state index is 13.5. The molecule has 0 aliphatic carbocycles. The van der Waals surface area contributed by atoms with Crippen LogP contribution in [0.2, 0.25) is 0 Å². The summed E-state index contributed by atoms with van der Waals surface area (Å²) in [4.78, 5) is 36.3. The first-order valence-electron chi connectivity index (χ1n) is 10.5. The van der Waals surface area contributed by atoms with E-state index in [0.29, 0.717) is 35.0 Å². The molecule has 186 valence electrons. The van der Waals surface area contributed by atoms with Crippen molar-refractivity contribution in [1.82, 2.24) is 4.90 Å². The molecule has 0 radical (unpaired) electrons. The van der Waals surface area contributed by atoms with Gasteiger partial charge in [0, 0.05) is 31.5 Å². The number of carbonyl (C=O) groups excluding carboxylic acids is 2. The van der Waals surface area contributed by atoms with E-state index in [2.05, 4.69) is 5.32 Å². The number of benzene rings is 1. The summed E-state index contributed by atoms with van der Waals surface area (Å²) in [5.74, 6) is -1.38. The number of carboxylic acids is 1. The van der Waals surface area contributed by atoms with Gasteiger partial charge < -0.3 is 14.8 Å². The molecule has 3 rings (SSSR count). The molecule has 0 bridgehead atoms. The summed E-state index contributed by atoms with van der Waals surface area (Å²) in [5, 5.41) is 10.8. The number of nitrogens with one attached hydrogen (secondary N) is 1. The van der Waals surface area contributed by atoms with Gasteiger partial charge in [0.2, 0.25) is 5.91 Å². The normalized spacial score (nSPS) is 15.2. The lowest BCUT2D eigenvalue weighted by Crippen LogP contribution is -2.29. The van der Waals surface area contributed by atoms with Crippen LogP contribution in [0.4, 0.5) is 18.9 Å². The summed E-state index contributed by atoms with van der Waals surface area (Å²) in [5.41, 5.74) is -1.21. The average molecular weight is 527 g/mol. The number of unbranched alkanes of at least 4 members (excludes halogenated alkanes) is 2. The second-order valence-corrected chi connectivity index (χ2v) is 9.35. The summed E-state index contributed by atoms with van der Waals surface area (Å²) in [6.07, 6.45) is -1.39. The van der Waals surface area contributed by atoms with Crippen LogP contribution in [0.3, 0.4) is 0 Å². The molecule has 7 nitrogen and oxygen atoms in total. The summed E-state index contributed by atoms with van der Waals surface area (Å²) in [6.45, 7) is 1.49. The number of thiocarbonyl (C=S) groups is 1. The number of furan rings is 1. The zero-order chi connectivity index (χ0) is 25.8. The van der Waals surface area contributed by atoms with Crippen LogP contribution in [0.1, 0.15) is 43.9 Å². The van der Waals surface area contributed by atoms with Crippen LogP contribution in [0.25, 0.3) is 17.4 Å². The fourth-order valence-electron chi connectivity index (χ4n) is 3.36. The van der Waals surface area contributed by atoms with E-state index in [1.54, 1.807) is 0 Å². The Morgan fingerprint density at radius 1 is 1.20 bits per heavy atom. The lowest BCUT2D eigenvalue weighted by molar-refractivity contribution is -0.138. The second kappa shape index (κ2) is 11.1. The predicted octanol–water partition coefficient (Wildman–Crippen LogP) is 5.77. The van der Waals surface area contributed by atoms with Gasteiger partial charge >= 0.3 is 12.1 Å². The molecule has 1 aliphatic rings. The molecule has 2 amide bonds. The van der Waals surface area contributed by atoms with Gasteiger partial charge in [0.05, 0.1) is 16.2 Å². The van der Waals surface area contributed by atoms with Gasteiger partial charge in [0.1, 0.15) is 15.8 Å². The van der Waals surface area contributed by atoms with Crippen molar-refractivity contribution in [3.05, 3.63) is 46.6 Å². The number of thioether (sulfide) groups is 1. The Bertz CT molecular complexity index is 1190. The summed E-state index contributed by atoms with van der Waals surface area (Å²) < 4.78 is 46.5. The van der Waals surface area contributed by atoms with Gasteiger partial charge in [-0.15, -0.1) is 0 Å². The Kier molecular flexibility index (Phi) is 8.39. The number of anilines is 1. The minimum atomic E-state index is -4.69. The fraction of sp³-hybridized carbons (Fsp3) is 0.304. The third kappa shape index (κ3) is 6.95. The van der Waals surface area contributed by atoms with Crippen molar-refractivity contribution in [3.8, 4) is 11.3 Å². The predicted molar refractivity (Wildman–Crippen MR) is 129 cm³/mol. The molecule has 0 unspecified atom stereocenters. The van der Waals surface area contributed by atoms with Gasteiger partial charge in [-0.2, -0.15) is 13.2 Å². The van der Waals surface area contributed by atoms with Crippen LogP contribution in [-0.2, 0) is 20.6 Å². The van der Waals surface area contributed by atoms with E-state index in [1.165, 1.54) is 29.2 Å². The number of aliphatic carboxylic acids is 1. The second-order valence-electron chi connectivity index (χ2n) is 7.68. The quantitative estimate of drug-likeness (QED) is 0.243. The van der Waals surface area contributed by atoms with E-state index in [1.807, 2.05) is 0 Å². The maximum Gasteiger partial charge on any atom is 0.418 e. The number of nitrogens with zero attached hydrogens (tertiary/aromatic N) is 1. The van der Waals surface area contributed by atoms with E-state index >= 15 is 0 Å². The molecule has 1 fully saturated rings. The lowest BCUT2D eigenvalue weighted by atomic mass is 10.1. The number of hydrogen-bond donors (Lipinski definition) is 2. The van der Waals surface area contributed by atoms with Crippen molar-refractivity contribution in [2.24, 2.45) is 0 Å². The number of alkyl halides is 3. The topological polar surface area (TPSA) is 99.9 Å². The number of rotatable bonds is 9. The van der Waals surface area contributed by atoms with E-state index < -0.39 is 23.6 Å². The molecule has 2 heterocycles. The summed E-state index contributed by atoms with van der Waals surface area (Å²) in [6, 6.07) is 6.46. The average Bonchev–Trinajstić information content (AvgIpc) is 3.32. The van der Waals surface area contributed by atoms with Crippen LogP contribution in [0.5, 0.6) is 0 Å². The van der Waals surface area contributed by atoms with E-state index in [0.717, 1.165) is 30.8 Å². The minimum absolute atomic E-state index is 0.0690. The molecule has 1 aromatic carbocycles. The number of carboxylic acid groups (broad SMARTS) is 1. The van der Waals surface area contributed by atoms with Crippen molar-refractivity contribution < 1.29 is 37.1 Å². The molecular formula is C23H21F3N2O5S2. The van der Waals surface area contributed by atoms with Gasteiger partial charge in [0.15, 0.2) is 0 Å². The van der Waals surface area contributed by atoms with E-state index in [9.17, 15) is 27.6 Å². The van der Waals surface area contributed by atoms with Crippen LogP contribution >= 0.6 is 24.0 Å². The van der Waals surface area contributed by atoms with Crippen LogP contribution in [-0.4, -0.2) is 38.7 Å². The first kappa shape index (κ1) is 26.5. The van der Waals surface area contributed by atoms with Crippen molar-refractivity contribution in [2.45, 2.75) is 38.8 Å². The Morgan fingerprint density at radius 2 is 1.94 bits per heavy atom. The van der Waals surface area contributed by atoms with Gasteiger partial charge in [-0.05, 0) is 43.2 Å². The van der Waals surface area contributed by atoms with Crippen molar-refractivity contribution in [3.63, 3.8) is 0 Å². The lowest BCUT2D eigenvalue weighted by Gasteiger charge is -2.14. The zero-order valence-electron chi connectivity index (χ0n) is 18.5. The summed E-state index contributed by atoms with van der Waals surface area (Å²) >= 11 is 6.36. The zero-order valence-corrected chi connectivity index (χ0v) is 20.1. The molecule has 1 saturated heterocycles. The highest BCUT2D eigenvalue weighted by molar-refractivity contribution is 8.26. The highest BCUT2D eigenvalue weighted by Gasteiger charge is 2.35. The number of halogens is 3. The van der Waals surface area contributed by atoms with Gasteiger partial charge in [-0.25, -0.2) is 0 Å². The van der Waals surface area contributed by atoms with Gasteiger partial charge in [-0.3, -0.25) is 19.3 Å². The monoisotopic (exact) mass is 526 g/mol. The first-order valence-corrected chi connectivity index (χ1v) is 11.7. The molecule has 2 aromatic rings. The van der Waals surface area contributed by atoms with Crippen LogP contribution in [0.15, 0.2) is 39.7 Å². The Labute approximate surface area is 208 Å². The Morgan fingerprint density at radius 3 is 2.60 bits per heavy atom. The number of carbonyl (C=O) groups is 3. The molecule has 0 saturated carbocycles. The SMILES string of the molecule is CC(=O)Nc1ccc(-c2ccc(/C=C3\SC(=S)N(CCCCCC(=O)O)C3=O)o2)cc1C(F)(F)F. The number of hydrogen-bond acceptors (Lipinski definition) is 6. The highest BCUT2D eigenvalue weighted by Crippen LogP contribution is 2.38. The smallest absolute Gasteiger partial charge is 0.418 e. The molecule has 0 spiro atoms. The molecule has 12 heteroatoms. The fourth-order valence-corrected chi connectivity index (χ4v) is 4.65. The van der Waals surface area contributed by atoms with Gasteiger partial charge in [0.25, 0.3) is 5.91 Å². The van der Waals surface area contributed by atoms with Crippen molar-refractivity contribution in [1.29, 1.82) is 0 Å². The van der Waals surface area contributed by atoms with Crippen molar-refractivity contribution in [2.75, 3.05) is 11.9 Å². The third-order valence-electron chi connectivity index (χ3n) is 4.97. The molecule has 2 N–H and O–H groups in total. The Balaban J connectivity index is 1.73. The van der Waals surface area contributed by atoms with Gasteiger partial charge in [-0.1, -0.05) is 30.4 Å². The summed E-state index contributed by atoms with van der Waals surface area (Å²) in [7, 11) is 0. The third-order valence-corrected chi connectivity index (χ3v) is 6.34. The largest absolute Gasteiger partial charge is 0.481 e. The molecule has 1 aliphatic heterocycles. The molecule has 35 heavy (non-hydrogen) atoms. The van der Waals surface area contributed by atoms with Crippen LogP contribution in [0, 0.1) is 0 Å². The highest BCUT2D eigenvalue weighted by atomic mass is 32.2. The van der Waals surface area contributed by atoms with E-state index in [4.69, 9.17) is 21.7 Å². The first-order chi connectivity index (χ1) is 16.5. The van der Waals surface area contributed by atoms with Crippen LogP contribution < -0.4 is 5.32 Å². The van der Waals surface area contributed by atoms with Crippen molar-refractivity contribution >= 4 is 57.8 Å². The molecule has 1 aromatic heterocycles. The molecular weight excluding hydrogens is 505 g/mol.